The Morgan fingerprint density at radius 3 is 2.86 bits per heavy atom. The molecule has 0 saturated heterocycles. The van der Waals surface area contributed by atoms with E-state index in [1.165, 1.54) is 5.56 Å². The number of aromatic nitrogens is 3. The van der Waals surface area contributed by atoms with Gasteiger partial charge in [0.1, 0.15) is 0 Å². The summed E-state index contributed by atoms with van der Waals surface area (Å²) in [6.07, 6.45) is 5.05. The van der Waals surface area contributed by atoms with Crippen LogP contribution in [0.25, 0.3) is 6.08 Å². The third-order valence-corrected chi connectivity index (χ3v) is 4.67. The summed E-state index contributed by atoms with van der Waals surface area (Å²) < 4.78 is 0. The summed E-state index contributed by atoms with van der Waals surface area (Å²) in [5, 5.41) is 9.30. The topological polar surface area (TPSA) is 67.6 Å². The zero-order valence-corrected chi connectivity index (χ0v) is 12.1. The molecule has 4 rings (SSSR count). The number of allylic oxidation sites excluding steroid dienone is 1. The molecule has 2 heterocycles. The second-order valence-corrected chi connectivity index (χ2v) is 5.94. The SMILES string of the molecule is Nc1n[nH]c2c1C=CC(c1ccccc1)(c1cscn1)C2. The number of nitrogens with one attached hydrogen (secondary N) is 1. The van der Waals surface area contributed by atoms with Gasteiger partial charge in [0.05, 0.1) is 16.6 Å². The number of nitrogen functional groups attached to an aromatic ring is 1. The number of thiazole rings is 1. The smallest absolute Gasteiger partial charge is 0.152 e. The van der Waals surface area contributed by atoms with Crippen molar-refractivity contribution in [2.24, 2.45) is 0 Å². The van der Waals surface area contributed by atoms with Crippen LogP contribution in [-0.2, 0) is 11.8 Å². The van der Waals surface area contributed by atoms with Crippen molar-refractivity contribution >= 4 is 23.2 Å². The molecule has 1 aromatic carbocycles. The number of fused-ring (bicyclic) bond motifs is 1. The molecule has 21 heavy (non-hydrogen) atoms. The first-order chi connectivity index (χ1) is 10.3. The van der Waals surface area contributed by atoms with Gasteiger partial charge in [0.25, 0.3) is 0 Å². The first-order valence-electron chi connectivity index (χ1n) is 6.76. The van der Waals surface area contributed by atoms with E-state index in [-0.39, 0.29) is 5.41 Å². The van der Waals surface area contributed by atoms with Crippen LogP contribution in [0.4, 0.5) is 5.82 Å². The quantitative estimate of drug-likeness (QED) is 0.763. The monoisotopic (exact) mass is 294 g/mol. The lowest BCUT2D eigenvalue weighted by Crippen LogP contribution is -2.30. The Morgan fingerprint density at radius 2 is 2.10 bits per heavy atom. The highest BCUT2D eigenvalue weighted by molar-refractivity contribution is 7.07. The van der Waals surface area contributed by atoms with Crippen LogP contribution in [0.5, 0.6) is 0 Å². The first kappa shape index (κ1) is 12.3. The van der Waals surface area contributed by atoms with Crippen LogP contribution < -0.4 is 5.73 Å². The fraction of sp³-hybridized carbons (Fsp3) is 0.125. The Balaban J connectivity index is 1.92. The summed E-state index contributed by atoms with van der Waals surface area (Å²) in [4.78, 5) is 4.57. The molecule has 4 nitrogen and oxygen atoms in total. The van der Waals surface area contributed by atoms with Crippen LogP contribution in [0.15, 0.2) is 47.3 Å². The van der Waals surface area contributed by atoms with E-state index < -0.39 is 0 Å². The Morgan fingerprint density at radius 1 is 1.24 bits per heavy atom. The molecule has 0 spiro atoms. The van der Waals surface area contributed by atoms with Crippen LogP contribution in [0.1, 0.15) is 22.5 Å². The molecule has 0 fully saturated rings. The molecule has 2 aromatic heterocycles. The van der Waals surface area contributed by atoms with Gasteiger partial charge in [0.15, 0.2) is 5.82 Å². The predicted octanol–water partition coefficient (Wildman–Crippen LogP) is 3.00. The number of H-pyrrole nitrogens is 1. The molecule has 0 radical (unpaired) electrons. The Hall–Kier alpha value is -2.40. The van der Waals surface area contributed by atoms with E-state index in [9.17, 15) is 0 Å². The van der Waals surface area contributed by atoms with E-state index in [1.807, 2.05) is 11.6 Å². The van der Waals surface area contributed by atoms with Crippen molar-refractivity contribution in [2.45, 2.75) is 11.8 Å². The van der Waals surface area contributed by atoms with Crippen LogP contribution in [0, 0.1) is 0 Å². The second kappa shape index (κ2) is 4.56. The fourth-order valence-electron chi connectivity index (χ4n) is 2.98. The van der Waals surface area contributed by atoms with Gasteiger partial charge in [-0.3, -0.25) is 5.10 Å². The van der Waals surface area contributed by atoms with E-state index in [1.54, 1.807) is 11.3 Å². The highest BCUT2D eigenvalue weighted by Gasteiger charge is 2.37. The zero-order valence-electron chi connectivity index (χ0n) is 11.3. The molecular formula is C16H14N4S. The average molecular weight is 294 g/mol. The maximum absolute atomic E-state index is 5.90. The van der Waals surface area contributed by atoms with Crippen molar-refractivity contribution in [1.29, 1.82) is 0 Å². The standard InChI is InChI=1S/C16H14N4S/c17-15-12-6-7-16(8-13(12)19-20-15,14-9-21-10-18-14)11-4-2-1-3-5-11/h1-7,9-10H,8H2,(H3,17,19,20). The molecule has 1 unspecified atom stereocenters. The van der Waals surface area contributed by atoms with Crippen molar-refractivity contribution in [1.82, 2.24) is 15.2 Å². The molecule has 1 aliphatic rings. The van der Waals surface area contributed by atoms with E-state index in [2.05, 4.69) is 57.0 Å². The molecule has 1 aliphatic carbocycles. The van der Waals surface area contributed by atoms with Gasteiger partial charge in [0, 0.05) is 23.1 Å². The van der Waals surface area contributed by atoms with E-state index in [0.29, 0.717) is 5.82 Å². The van der Waals surface area contributed by atoms with Crippen molar-refractivity contribution < 1.29 is 0 Å². The van der Waals surface area contributed by atoms with Gasteiger partial charge in [-0.1, -0.05) is 42.5 Å². The summed E-state index contributed by atoms with van der Waals surface area (Å²) in [7, 11) is 0. The summed E-state index contributed by atoms with van der Waals surface area (Å²) in [5.41, 5.74) is 11.9. The lowest BCUT2D eigenvalue weighted by atomic mass is 9.71. The molecule has 0 amide bonds. The minimum absolute atomic E-state index is 0.257. The Kier molecular flexibility index (Phi) is 2.68. The highest BCUT2D eigenvalue weighted by Crippen LogP contribution is 2.41. The predicted molar refractivity (Wildman–Crippen MR) is 85.1 cm³/mol. The third-order valence-electron chi connectivity index (χ3n) is 4.08. The lowest BCUT2D eigenvalue weighted by Gasteiger charge is -2.32. The third kappa shape index (κ3) is 1.81. The van der Waals surface area contributed by atoms with Gasteiger partial charge in [-0.25, -0.2) is 4.98 Å². The van der Waals surface area contributed by atoms with Gasteiger partial charge in [-0.15, -0.1) is 11.3 Å². The number of benzene rings is 1. The van der Waals surface area contributed by atoms with Gasteiger partial charge >= 0.3 is 0 Å². The molecule has 3 N–H and O–H groups in total. The maximum atomic E-state index is 5.90. The molecule has 104 valence electrons. The molecular weight excluding hydrogens is 280 g/mol. The summed E-state index contributed by atoms with van der Waals surface area (Å²) >= 11 is 1.62. The van der Waals surface area contributed by atoms with Gasteiger partial charge < -0.3 is 5.73 Å². The lowest BCUT2D eigenvalue weighted by molar-refractivity contribution is 0.605. The van der Waals surface area contributed by atoms with Crippen LogP contribution in [0.2, 0.25) is 0 Å². The second-order valence-electron chi connectivity index (χ2n) is 5.22. The van der Waals surface area contributed by atoms with Crippen molar-refractivity contribution in [3.63, 3.8) is 0 Å². The van der Waals surface area contributed by atoms with Crippen LogP contribution in [-0.4, -0.2) is 15.2 Å². The Labute approximate surface area is 126 Å². The van der Waals surface area contributed by atoms with Gasteiger partial charge in [-0.05, 0) is 5.56 Å². The Bertz CT molecular complexity index is 789. The van der Waals surface area contributed by atoms with Crippen molar-refractivity contribution in [3.8, 4) is 0 Å². The van der Waals surface area contributed by atoms with Crippen LogP contribution in [0.3, 0.4) is 0 Å². The number of nitrogens with zero attached hydrogens (tertiary/aromatic N) is 2. The number of aromatic amines is 1. The molecule has 0 aliphatic heterocycles. The minimum Gasteiger partial charge on any atom is -0.382 e. The summed E-state index contributed by atoms with van der Waals surface area (Å²) in [5.74, 6) is 0.557. The van der Waals surface area contributed by atoms with Crippen molar-refractivity contribution in [3.05, 3.63) is 69.8 Å². The molecule has 3 aromatic rings. The van der Waals surface area contributed by atoms with Crippen LogP contribution >= 0.6 is 11.3 Å². The normalized spacial score (nSPS) is 20.4. The maximum Gasteiger partial charge on any atom is 0.152 e. The highest BCUT2D eigenvalue weighted by atomic mass is 32.1. The zero-order chi connectivity index (χ0) is 14.3. The molecule has 0 saturated carbocycles. The molecule has 5 heteroatoms. The number of anilines is 1. The van der Waals surface area contributed by atoms with E-state index >= 15 is 0 Å². The largest absolute Gasteiger partial charge is 0.382 e. The average Bonchev–Trinajstić information content (AvgIpc) is 3.18. The summed E-state index contributed by atoms with van der Waals surface area (Å²) in [6, 6.07) is 10.5. The summed E-state index contributed by atoms with van der Waals surface area (Å²) in [6.45, 7) is 0. The number of hydrogen-bond donors (Lipinski definition) is 2. The number of hydrogen-bond acceptors (Lipinski definition) is 4. The number of rotatable bonds is 2. The fourth-order valence-corrected chi connectivity index (χ4v) is 3.61. The van der Waals surface area contributed by atoms with E-state index in [0.717, 1.165) is 23.4 Å². The number of nitrogens with two attached hydrogens (primary N) is 1. The molecule has 0 bridgehead atoms. The minimum atomic E-state index is -0.257. The van der Waals surface area contributed by atoms with Crippen molar-refractivity contribution in [2.75, 3.05) is 5.73 Å². The van der Waals surface area contributed by atoms with Gasteiger partial charge in [-0.2, -0.15) is 5.10 Å². The van der Waals surface area contributed by atoms with E-state index in [4.69, 9.17) is 5.73 Å². The molecule has 1 atom stereocenters. The first-order valence-corrected chi connectivity index (χ1v) is 7.70. The van der Waals surface area contributed by atoms with Gasteiger partial charge in [0.2, 0.25) is 0 Å².